The van der Waals surface area contributed by atoms with Gasteiger partial charge in [-0.15, -0.1) is 0 Å². The summed E-state index contributed by atoms with van der Waals surface area (Å²) in [6.45, 7) is 0.274. The van der Waals surface area contributed by atoms with Crippen molar-refractivity contribution in [2.75, 3.05) is 6.54 Å². The monoisotopic (exact) mass is 523 g/mol. The van der Waals surface area contributed by atoms with Crippen LogP contribution in [0.5, 0.6) is 0 Å². The summed E-state index contributed by atoms with van der Waals surface area (Å²) < 4.78 is 66.1. The Labute approximate surface area is 204 Å². The molecule has 5 nitrogen and oxygen atoms in total. The quantitative estimate of drug-likeness (QED) is 0.464. The standard InChI is InChI=1S/C23H17ClF3N3O2S2/c24-18-10-6-16(7-11-18)21-20(15-4-2-1-3-5-15)14-30(28-21)22(33)29-34(31,32)19-12-8-17(9-13-19)23(25,26)27/h1-13,20H,14H2,(H,29,33). The molecule has 1 aliphatic rings. The number of thiocarbonyl (C=S) groups is 1. The van der Waals surface area contributed by atoms with Gasteiger partial charge in [-0.2, -0.15) is 18.3 Å². The van der Waals surface area contributed by atoms with E-state index in [1.165, 1.54) is 5.01 Å². The molecule has 1 heterocycles. The molecule has 34 heavy (non-hydrogen) atoms. The summed E-state index contributed by atoms with van der Waals surface area (Å²) in [6, 6.07) is 19.8. The van der Waals surface area contributed by atoms with Crippen LogP contribution in [-0.4, -0.2) is 30.8 Å². The maximum atomic E-state index is 12.8. The average Bonchev–Trinajstić information content (AvgIpc) is 3.25. The fourth-order valence-electron chi connectivity index (χ4n) is 3.51. The van der Waals surface area contributed by atoms with Gasteiger partial charge in [0.05, 0.1) is 22.7 Å². The first-order valence-electron chi connectivity index (χ1n) is 9.95. The zero-order valence-electron chi connectivity index (χ0n) is 17.3. The summed E-state index contributed by atoms with van der Waals surface area (Å²) >= 11 is 11.3. The van der Waals surface area contributed by atoms with Crippen molar-refractivity contribution >= 4 is 44.7 Å². The number of hydrogen-bond donors (Lipinski definition) is 1. The molecule has 11 heteroatoms. The molecule has 0 amide bonds. The summed E-state index contributed by atoms with van der Waals surface area (Å²) in [5.41, 5.74) is 1.50. The largest absolute Gasteiger partial charge is 0.416 e. The van der Waals surface area contributed by atoms with E-state index in [0.29, 0.717) is 22.9 Å². The summed E-state index contributed by atoms with van der Waals surface area (Å²) in [7, 11) is -4.22. The summed E-state index contributed by atoms with van der Waals surface area (Å²) in [6.07, 6.45) is -4.57. The van der Waals surface area contributed by atoms with Gasteiger partial charge in [0, 0.05) is 10.9 Å². The van der Waals surface area contributed by atoms with E-state index in [9.17, 15) is 21.6 Å². The van der Waals surface area contributed by atoms with Crippen molar-refractivity contribution in [3.05, 3.63) is 101 Å². The van der Waals surface area contributed by atoms with E-state index in [-0.39, 0.29) is 22.5 Å². The zero-order chi connectivity index (χ0) is 24.5. The zero-order valence-corrected chi connectivity index (χ0v) is 19.7. The Morgan fingerprint density at radius 1 is 1.00 bits per heavy atom. The number of hydrogen-bond acceptors (Lipinski definition) is 4. The van der Waals surface area contributed by atoms with Gasteiger partial charge in [0.25, 0.3) is 10.0 Å². The molecule has 0 radical (unpaired) electrons. The Bertz CT molecular complexity index is 1330. The highest BCUT2D eigenvalue weighted by molar-refractivity contribution is 7.91. The van der Waals surface area contributed by atoms with E-state index < -0.39 is 21.8 Å². The van der Waals surface area contributed by atoms with E-state index >= 15 is 0 Å². The van der Waals surface area contributed by atoms with Gasteiger partial charge in [-0.25, -0.2) is 13.4 Å². The number of sulfonamides is 1. The minimum absolute atomic E-state index is 0.190. The Kier molecular flexibility index (Phi) is 6.66. The molecule has 1 unspecified atom stereocenters. The molecule has 0 saturated carbocycles. The van der Waals surface area contributed by atoms with Crippen LogP contribution in [0.25, 0.3) is 0 Å². The molecule has 1 N–H and O–H groups in total. The van der Waals surface area contributed by atoms with Crippen molar-refractivity contribution in [1.82, 2.24) is 9.73 Å². The molecule has 1 atom stereocenters. The van der Waals surface area contributed by atoms with Crippen molar-refractivity contribution in [1.29, 1.82) is 0 Å². The number of nitrogens with one attached hydrogen (secondary N) is 1. The fraction of sp³-hybridized carbons (Fsp3) is 0.130. The minimum Gasteiger partial charge on any atom is -0.254 e. The number of nitrogens with zero attached hydrogens (tertiary/aromatic N) is 2. The van der Waals surface area contributed by atoms with Crippen LogP contribution < -0.4 is 4.72 Å². The second-order valence-corrected chi connectivity index (χ2v) is 9.98. The molecule has 0 aliphatic carbocycles. The molecule has 0 spiro atoms. The lowest BCUT2D eigenvalue weighted by Gasteiger charge is -2.18. The van der Waals surface area contributed by atoms with Crippen LogP contribution in [0.4, 0.5) is 13.2 Å². The lowest BCUT2D eigenvalue weighted by molar-refractivity contribution is -0.137. The van der Waals surface area contributed by atoms with Crippen molar-refractivity contribution in [3.63, 3.8) is 0 Å². The predicted octanol–water partition coefficient (Wildman–Crippen LogP) is 5.43. The molecule has 1 aliphatic heterocycles. The molecule has 3 aromatic rings. The predicted molar refractivity (Wildman–Crippen MR) is 128 cm³/mol. The molecule has 176 valence electrons. The van der Waals surface area contributed by atoms with Gasteiger partial charge < -0.3 is 0 Å². The Hall–Kier alpha value is -2.95. The molecule has 0 fully saturated rings. The first kappa shape index (κ1) is 24.2. The fourth-order valence-corrected chi connectivity index (χ4v) is 5.02. The first-order chi connectivity index (χ1) is 16.0. The second-order valence-electron chi connectivity index (χ2n) is 7.47. The number of halogens is 4. The van der Waals surface area contributed by atoms with Crippen LogP contribution in [0.2, 0.25) is 5.02 Å². The molecule has 3 aromatic carbocycles. The van der Waals surface area contributed by atoms with Gasteiger partial charge >= 0.3 is 6.18 Å². The molecule has 4 rings (SSSR count). The van der Waals surface area contributed by atoms with Gasteiger partial charge in [-0.3, -0.25) is 4.72 Å². The topological polar surface area (TPSA) is 61.8 Å². The number of benzene rings is 3. The van der Waals surface area contributed by atoms with Gasteiger partial charge in [0.2, 0.25) is 5.11 Å². The molecule has 0 aromatic heterocycles. The lowest BCUT2D eigenvalue weighted by Crippen LogP contribution is -2.39. The molecular weight excluding hydrogens is 507 g/mol. The van der Waals surface area contributed by atoms with E-state index in [1.807, 2.05) is 42.5 Å². The maximum Gasteiger partial charge on any atom is 0.416 e. The smallest absolute Gasteiger partial charge is 0.254 e. The third kappa shape index (κ3) is 5.24. The van der Waals surface area contributed by atoms with Crippen molar-refractivity contribution < 1.29 is 21.6 Å². The van der Waals surface area contributed by atoms with Crippen LogP contribution in [0, 0.1) is 0 Å². The highest BCUT2D eigenvalue weighted by atomic mass is 35.5. The highest BCUT2D eigenvalue weighted by Gasteiger charge is 2.33. The minimum atomic E-state index is -4.57. The first-order valence-corrected chi connectivity index (χ1v) is 12.2. The van der Waals surface area contributed by atoms with Crippen LogP contribution >= 0.6 is 23.8 Å². The van der Waals surface area contributed by atoms with Crippen molar-refractivity contribution in [2.24, 2.45) is 5.10 Å². The summed E-state index contributed by atoms with van der Waals surface area (Å²) in [5.74, 6) is -0.198. The van der Waals surface area contributed by atoms with Gasteiger partial charge in [0.15, 0.2) is 0 Å². The van der Waals surface area contributed by atoms with Gasteiger partial charge in [-0.1, -0.05) is 54.1 Å². The summed E-state index contributed by atoms with van der Waals surface area (Å²) in [4.78, 5) is -0.344. The average molecular weight is 524 g/mol. The second kappa shape index (κ2) is 9.36. The van der Waals surface area contributed by atoms with E-state index in [0.717, 1.165) is 23.3 Å². The van der Waals surface area contributed by atoms with Crippen LogP contribution in [0.15, 0.2) is 88.9 Å². The molecular formula is C23H17ClF3N3O2S2. The Morgan fingerprint density at radius 2 is 1.62 bits per heavy atom. The van der Waals surface area contributed by atoms with E-state index in [4.69, 9.17) is 23.8 Å². The SMILES string of the molecule is O=S(=O)(NC(=S)N1CC(c2ccccc2)C(c2ccc(Cl)cc2)=N1)c1ccc(C(F)(F)F)cc1. The van der Waals surface area contributed by atoms with E-state index in [2.05, 4.69) is 9.82 Å². The van der Waals surface area contributed by atoms with Gasteiger partial charge in [0.1, 0.15) is 0 Å². The van der Waals surface area contributed by atoms with Crippen LogP contribution in [-0.2, 0) is 16.2 Å². The maximum absolute atomic E-state index is 12.8. The third-order valence-electron chi connectivity index (χ3n) is 5.20. The Morgan fingerprint density at radius 3 is 2.21 bits per heavy atom. The molecule has 0 bridgehead atoms. The Balaban J connectivity index is 1.59. The molecule has 0 saturated heterocycles. The van der Waals surface area contributed by atoms with Crippen molar-refractivity contribution in [3.8, 4) is 0 Å². The number of hydrazone groups is 1. The van der Waals surface area contributed by atoms with Crippen LogP contribution in [0.1, 0.15) is 22.6 Å². The highest BCUT2D eigenvalue weighted by Crippen LogP contribution is 2.31. The number of rotatable bonds is 4. The summed E-state index contributed by atoms with van der Waals surface area (Å²) in [5, 5.41) is 6.29. The van der Waals surface area contributed by atoms with Crippen molar-refractivity contribution in [2.45, 2.75) is 17.0 Å². The third-order valence-corrected chi connectivity index (χ3v) is 7.25. The van der Waals surface area contributed by atoms with Gasteiger partial charge in [-0.05, 0) is 59.7 Å². The number of alkyl halides is 3. The lowest BCUT2D eigenvalue weighted by atomic mass is 9.91. The normalized spacial score (nSPS) is 16.3. The van der Waals surface area contributed by atoms with E-state index in [1.54, 1.807) is 12.1 Å². The van der Waals surface area contributed by atoms with Crippen LogP contribution in [0.3, 0.4) is 0 Å².